The molecule has 0 aliphatic carbocycles. The maximum atomic E-state index is 6.04. The summed E-state index contributed by atoms with van der Waals surface area (Å²) < 4.78 is 1.51. The predicted molar refractivity (Wildman–Crippen MR) is 90.3 cm³/mol. The van der Waals surface area contributed by atoms with Crippen molar-refractivity contribution < 1.29 is 0 Å². The summed E-state index contributed by atoms with van der Waals surface area (Å²) >= 11 is 5.92. The van der Waals surface area contributed by atoms with Gasteiger partial charge in [-0.3, -0.25) is 0 Å². The van der Waals surface area contributed by atoms with E-state index in [-0.39, 0.29) is 6.17 Å². The molecule has 0 fully saturated rings. The first-order valence-corrected chi connectivity index (χ1v) is 7.46. The Morgan fingerprint density at radius 3 is 2.52 bits per heavy atom. The molecule has 2 aromatic carbocycles. The molecule has 3 N–H and O–H groups in total. The van der Waals surface area contributed by atoms with E-state index in [0.29, 0.717) is 22.8 Å². The van der Waals surface area contributed by atoms with Crippen LogP contribution in [-0.4, -0.2) is 20.7 Å². The fourth-order valence-corrected chi connectivity index (χ4v) is 2.55. The maximum Gasteiger partial charge on any atom is 0.231 e. The van der Waals surface area contributed by atoms with Gasteiger partial charge in [0.2, 0.25) is 11.9 Å². The SMILES string of the molecule is NC1=NC(c2ccc(Cl)cc2)Nc2nc(-c3ccccc3)nn21. The fraction of sp³-hybridized carbons (Fsp3) is 0.0625. The van der Waals surface area contributed by atoms with Crippen LogP contribution in [0.3, 0.4) is 0 Å². The zero-order chi connectivity index (χ0) is 15.8. The van der Waals surface area contributed by atoms with E-state index >= 15 is 0 Å². The Morgan fingerprint density at radius 1 is 1.04 bits per heavy atom. The Bertz CT molecular complexity index is 869. The van der Waals surface area contributed by atoms with Gasteiger partial charge in [0, 0.05) is 10.6 Å². The number of fused-ring (bicyclic) bond motifs is 1. The van der Waals surface area contributed by atoms with Crippen molar-refractivity contribution >= 4 is 23.5 Å². The number of benzene rings is 2. The smallest absolute Gasteiger partial charge is 0.231 e. The van der Waals surface area contributed by atoms with Gasteiger partial charge in [-0.05, 0) is 17.7 Å². The lowest BCUT2D eigenvalue weighted by molar-refractivity contribution is 0.751. The van der Waals surface area contributed by atoms with E-state index in [1.807, 2.05) is 54.6 Å². The van der Waals surface area contributed by atoms with Crippen molar-refractivity contribution in [3.63, 3.8) is 0 Å². The molecule has 0 amide bonds. The summed E-state index contributed by atoms with van der Waals surface area (Å²) in [6.07, 6.45) is -0.312. The summed E-state index contributed by atoms with van der Waals surface area (Å²) in [4.78, 5) is 8.95. The number of rotatable bonds is 2. The third kappa shape index (κ3) is 2.53. The molecule has 0 radical (unpaired) electrons. The Balaban J connectivity index is 1.70. The number of halogens is 1. The molecule has 0 saturated carbocycles. The van der Waals surface area contributed by atoms with Crippen LogP contribution in [-0.2, 0) is 0 Å². The Kier molecular flexibility index (Phi) is 3.24. The highest BCUT2D eigenvalue weighted by Crippen LogP contribution is 2.26. The van der Waals surface area contributed by atoms with Gasteiger partial charge in [0.05, 0.1) is 0 Å². The molecule has 114 valence electrons. The molecule has 1 aliphatic heterocycles. The number of nitrogens with zero attached hydrogens (tertiary/aromatic N) is 4. The van der Waals surface area contributed by atoms with Crippen molar-refractivity contribution in [2.75, 3.05) is 5.32 Å². The molecular weight excluding hydrogens is 312 g/mol. The molecule has 2 heterocycles. The van der Waals surface area contributed by atoms with E-state index in [0.717, 1.165) is 11.1 Å². The Hall–Kier alpha value is -2.86. The molecule has 0 spiro atoms. The zero-order valence-electron chi connectivity index (χ0n) is 12.0. The molecule has 1 aromatic heterocycles. The summed E-state index contributed by atoms with van der Waals surface area (Å²) in [5.74, 6) is 1.47. The molecule has 6 nitrogen and oxygen atoms in total. The molecule has 1 atom stereocenters. The van der Waals surface area contributed by atoms with Crippen LogP contribution in [0, 0.1) is 0 Å². The van der Waals surface area contributed by atoms with Crippen molar-refractivity contribution in [1.82, 2.24) is 14.8 Å². The third-order valence-electron chi connectivity index (χ3n) is 3.57. The summed E-state index contributed by atoms with van der Waals surface area (Å²) in [5, 5.41) is 8.32. The summed E-state index contributed by atoms with van der Waals surface area (Å²) in [7, 11) is 0. The van der Waals surface area contributed by atoms with Gasteiger partial charge in [0.15, 0.2) is 12.0 Å². The number of aromatic nitrogens is 3. The van der Waals surface area contributed by atoms with Crippen LogP contribution in [0.4, 0.5) is 5.95 Å². The van der Waals surface area contributed by atoms with E-state index < -0.39 is 0 Å². The van der Waals surface area contributed by atoms with Crippen LogP contribution in [0.5, 0.6) is 0 Å². The van der Waals surface area contributed by atoms with Gasteiger partial charge < -0.3 is 11.1 Å². The van der Waals surface area contributed by atoms with Crippen molar-refractivity contribution in [3.05, 3.63) is 65.2 Å². The van der Waals surface area contributed by atoms with Crippen molar-refractivity contribution in [2.45, 2.75) is 6.17 Å². The lowest BCUT2D eigenvalue weighted by atomic mass is 10.2. The van der Waals surface area contributed by atoms with Crippen LogP contribution >= 0.6 is 11.6 Å². The number of hydrogen-bond acceptors (Lipinski definition) is 5. The summed E-state index contributed by atoms with van der Waals surface area (Å²) in [5.41, 5.74) is 7.91. The second kappa shape index (κ2) is 5.40. The highest BCUT2D eigenvalue weighted by atomic mass is 35.5. The van der Waals surface area contributed by atoms with Gasteiger partial charge in [0.1, 0.15) is 0 Å². The molecular formula is C16H13ClN6. The minimum atomic E-state index is -0.312. The van der Waals surface area contributed by atoms with E-state index in [9.17, 15) is 0 Å². The number of anilines is 1. The normalized spacial score (nSPS) is 16.4. The van der Waals surface area contributed by atoms with Gasteiger partial charge in [-0.15, -0.1) is 5.10 Å². The van der Waals surface area contributed by atoms with Crippen molar-refractivity contribution in [1.29, 1.82) is 0 Å². The van der Waals surface area contributed by atoms with Crippen molar-refractivity contribution in [3.8, 4) is 11.4 Å². The third-order valence-corrected chi connectivity index (χ3v) is 3.82. The second-order valence-corrected chi connectivity index (χ2v) is 5.56. The lowest BCUT2D eigenvalue weighted by Gasteiger charge is -2.21. The monoisotopic (exact) mass is 324 g/mol. The quantitative estimate of drug-likeness (QED) is 0.759. The maximum absolute atomic E-state index is 6.04. The molecule has 3 aromatic rings. The molecule has 4 rings (SSSR count). The number of aliphatic imine (C=N–C) groups is 1. The van der Waals surface area contributed by atoms with Crippen LogP contribution < -0.4 is 11.1 Å². The van der Waals surface area contributed by atoms with Gasteiger partial charge in [0.25, 0.3) is 0 Å². The Labute approximate surface area is 137 Å². The highest BCUT2D eigenvalue weighted by Gasteiger charge is 2.23. The zero-order valence-corrected chi connectivity index (χ0v) is 12.8. The van der Waals surface area contributed by atoms with E-state index in [1.165, 1.54) is 4.68 Å². The standard InChI is InChI=1S/C16H13ClN6/c17-12-8-6-11(7-9-12)13-19-15(18)23-16(20-13)21-14(22-23)10-4-2-1-3-5-10/h1-9,13H,(H2,18,19)(H,20,21,22). The van der Waals surface area contributed by atoms with Gasteiger partial charge in [-0.2, -0.15) is 9.67 Å². The average Bonchev–Trinajstić information content (AvgIpc) is 3.01. The minimum Gasteiger partial charge on any atom is -0.368 e. The molecule has 1 unspecified atom stereocenters. The van der Waals surface area contributed by atoms with Gasteiger partial charge >= 0.3 is 0 Å². The first-order valence-electron chi connectivity index (χ1n) is 7.09. The summed E-state index contributed by atoms with van der Waals surface area (Å²) in [6.45, 7) is 0. The minimum absolute atomic E-state index is 0.299. The molecule has 7 heteroatoms. The van der Waals surface area contributed by atoms with E-state index in [1.54, 1.807) is 0 Å². The predicted octanol–water partition coefficient (Wildman–Crippen LogP) is 2.89. The Morgan fingerprint density at radius 2 is 1.78 bits per heavy atom. The fourth-order valence-electron chi connectivity index (χ4n) is 2.42. The van der Waals surface area contributed by atoms with E-state index in [2.05, 4.69) is 20.4 Å². The average molecular weight is 325 g/mol. The van der Waals surface area contributed by atoms with Crippen LogP contribution in [0.25, 0.3) is 11.4 Å². The van der Waals surface area contributed by atoms with Crippen LogP contribution in [0.15, 0.2) is 59.6 Å². The van der Waals surface area contributed by atoms with Crippen LogP contribution in [0.2, 0.25) is 5.02 Å². The largest absolute Gasteiger partial charge is 0.368 e. The van der Waals surface area contributed by atoms with Crippen molar-refractivity contribution in [2.24, 2.45) is 10.7 Å². The van der Waals surface area contributed by atoms with Gasteiger partial charge in [-0.1, -0.05) is 54.1 Å². The van der Waals surface area contributed by atoms with Crippen LogP contribution in [0.1, 0.15) is 11.7 Å². The second-order valence-electron chi connectivity index (χ2n) is 5.12. The van der Waals surface area contributed by atoms with E-state index in [4.69, 9.17) is 17.3 Å². The molecule has 0 saturated heterocycles. The number of nitrogens with one attached hydrogen (secondary N) is 1. The first kappa shape index (κ1) is 13.8. The topological polar surface area (TPSA) is 81.1 Å². The number of hydrogen-bond donors (Lipinski definition) is 2. The lowest BCUT2D eigenvalue weighted by Crippen LogP contribution is -2.32. The molecule has 1 aliphatic rings. The summed E-state index contributed by atoms with van der Waals surface area (Å²) in [6, 6.07) is 17.2. The molecule has 0 bridgehead atoms. The highest BCUT2D eigenvalue weighted by molar-refractivity contribution is 6.30. The van der Waals surface area contributed by atoms with Gasteiger partial charge in [-0.25, -0.2) is 4.99 Å². The molecule has 23 heavy (non-hydrogen) atoms. The first-order chi connectivity index (χ1) is 11.2. The number of nitrogens with two attached hydrogens (primary N) is 1.